The lowest BCUT2D eigenvalue weighted by atomic mass is 10.1. The largest absolute Gasteiger partial charge is 0.504 e. The van der Waals surface area contributed by atoms with Gasteiger partial charge >= 0.3 is 0 Å². The number of phenols is 2. The molecule has 0 atom stereocenters. The van der Waals surface area contributed by atoms with E-state index < -0.39 is 0 Å². The van der Waals surface area contributed by atoms with E-state index in [0.29, 0.717) is 0 Å². The number of hydrogen-bond donors (Lipinski definition) is 4. The number of benzene rings is 2. The molecule has 164 valence electrons. The summed E-state index contributed by atoms with van der Waals surface area (Å²) in [7, 11) is 0. The molecule has 0 aliphatic heterocycles. The Kier molecular flexibility index (Phi) is 16.1. The molecule has 0 saturated carbocycles. The maximum atomic E-state index is 9.64. The molecule has 2 aromatic carbocycles. The van der Waals surface area contributed by atoms with Gasteiger partial charge < -0.3 is 20.8 Å². The highest BCUT2D eigenvalue weighted by Crippen LogP contribution is 2.29. The highest BCUT2D eigenvalue weighted by molar-refractivity contribution is 8.93. The maximum absolute atomic E-state index is 9.64. The van der Waals surface area contributed by atoms with Crippen molar-refractivity contribution in [3.63, 3.8) is 0 Å². The SMILES string of the molecule is Br.Br.Cc1cc(CCNCCCCCCNCCc2ccccc2)cc(O)c1O. The summed E-state index contributed by atoms with van der Waals surface area (Å²) < 4.78 is 0. The van der Waals surface area contributed by atoms with Gasteiger partial charge in [-0.2, -0.15) is 0 Å². The molecule has 0 aromatic heterocycles. The van der Waals surface area contributed by atoms with Crippen molar-refractivity contribution in [2.24, 2.45) is 0 Å². The Labute approximate surface area is 196 Å². The second-order valence-corrected chi connectivity index (χ2v) is 7.18. The fraction of sp³-hybridized carbons (Fsp3) is 0.478. The number of halogens is 2. The van der Waals surface area contributed by atoms with Crippen LogP contribution in [0.2, 0.25) is 0 Å². The second kappa shape index (κ2) is 16.7. The van der Waals surface area contributed by atoms with Gasteiger partial charge in [0, 0.05) is 0 Å². The molecular weight excluding hydrogens is 496 g/mol. The van der Waals surface area contributed by atoms with Crippen molar-refractivity contribution in [1.82, 2.24) is 10.6 Å². The zero-order valence-corrected chi connectivity index (χ0v) is 20.7. The van der Waals surface area contributed by atoms with Crippen LogP contribution in [0.15, 0.2) is 42.5 Å². The number of rotatable bonds is 13. The molecule has 0 saturated heterocycles. The Balaban J connectivity index is 0.00000392. The first-order chi connectivity index (χ1) is 13.2. The fourth-order valence-electron chi connectivity index (χ4n) is 3.19. The van der Waals surface area contributed by atoms with Crippen molar-refractivity contribution in [2.75, 3.05) is 26.2 Å². The summed E-state index contributed by atoms with van der Waals surface area (Å²) in [4.78, 5) is 0. The summed E-state index contributed by atoms with van der Waals surface area (Å²) in [6.07, 6.45) is 6.92. The lowest BCUT2D eigenvalue weighted by Gasteiger charge is -2.08. The van der Waals surface area contributed by atoms with Gasteiger partial charge in [0.05, 0.1) is 0 Å². The van der Waals surface area contributed by atoms with Crippen LogP contribution < -0.4 is 10.6 Å². The number of aryl methyl sites for hydroxylation is 1. The first-order valence-electron chi connectivity index (χ1n) is 10.1. The van der Waals surface area contributed by atoms with Crippen molar-refractivity contribution in [2.45, 2.75) is 45.4 Å². The van der Waals surface area contributed by atoms with Crippen molar-refractivity contribution in [3.05, 3.63) is 59.2 Å². The third-order valence-electron chi connectivity index (χ3n) is 4.82. The predicted molar refractivity (Wildman–Crippen MR) is 133 cm³/mol. The normalized spacial score (nSPS) is 10.2. The van der Waals surface area contributed by atoms with Crippen LogP contribution in [-0.4, -0.2) is 36.4 Å². The van der Waals surface area contributed by atoms with Crippen LogP contribution in [0.3, 0.4) is 0 Å². The van der Waals surface area contributed by atoms with Crippen LogP contribution in [-0.2, 0) is 12.8 Å². The molecule has 4 nitrogen and oxygen atoms in total. The zero-order valence-electron chi connectivity index (χ0n) is 17.3. The standard InChI is InChI=1S/C23H34N2O2.2BrH/c1-19-17-21(18-22(26)23(19)27)12-16-25-14-8-3-2-7-13-24-15-11-20-9-5-4-6-10-20;;/h4-6,9-10,17-18,24-27H,2-3,7-8,11-16H2,1H3;2*1H. The van der Waals surface area contributed by atoms with Gasteiger partial charge in [0.15, 0.2) is 11.5 Å². The van der Waals surface area contributed by atoms with Crippen LogP contribution >= 0.6 is 34.0 Å². The van der Waals surface area contributed by atoms with Crippen molar-refractivity contribution in [1.29, 1.82) is 0 Å². The highest BCUT2D eigenvalue weighted by atomic mass is 79.9. The third-order valence-corrected chi connectivity index (χ3v) is 4.82. The quantitative estimate of drug-likeness (QED) is 0.215. The molecule has 0 spiro atoms. The Hall–Kier alpha value is -1.08. The summed E-state index contributed by atoms with van der Waals surface area (Å²) in [5.41, 5.74) is 3.17. The minimum atomic E-state index is -0.0256. The van der Waals surface area contributed by atoms with Crippen LogP contribution in [0.5, 0.6) is 11.5 Å². The molecule has 0 aliphatic carbocycles. The monoisotopic (exact) mass is 530 g/mol. The van der Waals surface area contributed by atoms with Crippen molar-refractivity contribution < 1.29 is 10.2 Å². The minimum absolute atomic E-state index is 0. The van der Waals surface area contributed by atoms with E-state index in [1.54, 1.807) is 6.07 Å². The molecule has 0 amide bonds. The highest BCUT2D eigenvalue weighted by Gasteiger charge is 2.05. The summed E-state index contributed by atoms with van der Waals surface area (Å²) in [6, 6.07) is 14.2. The van der Waals surface area contributed by atoms with Crippen LogP contribution in [0, 0.1) is 6.92 Å². The maximum Gasteiger partial charge on any atom is 0.160 e. The molecule has 0 radical (unpaired) electrons. The third kappa shape index (κ3) is 11.6. The van der Waals surface area contributed by atoms with Gasteiger partial charge in [-0.15, -0.1) is 34.0 Å². The Morgan fingerprint density at radius 3 is 1.79 bits per heavy atom. The molecule has 2 rings (SSSR count). The molecular formula is C23H36Br2N2O2. The molecule has 0 bridgehead atoms. The average molecular weight is 532 g/mol. The molecule has 2 aromatic rings. The van der Waals surface area contributed by atoms with E-state index in [2.05, 4.69) is 41.0 Å². The number of nitrogens with one attached hydrogen (secondary N) is 2. The fourth-order valence-corrected chi connectivity index (χ4v) is 3.19. The van der Waals surface area contributed by atoms with Crippen molar-refractivity contribution in [3.8, 4) is 11.5 Å². The number of hydrogen-bond acceptors (Lipinski definition) is 4. The molecule has 4 N–H and O–H groups in total. The van der Waals surface area contributed by atoms with Gasteiger partial charge in [-0.3, -0.25) is 0 Å². The van der Waals surface area contributed by atoms with Gasteiger partial charge in [0.25, 0.3) is 0 Å². The number of phenolic OH excluding ortho intramolecular Hbond substituents is 2. The summed E-state index contributed by atoms with van der Waals surface area (Å²) >= 11 is 0. The van der Waals surface area contributed by atoms with E-state index in [4.69, 9.17) is 0 Å². The Bertz CT molecular complexity index is 646. The second-order valence-electron chi connectivity index (χ2n) is 7.18. The smallest absolute Gasteiger partial charge is 0.160 e. The van der Waals surface area contributed by atoms with E-state index >= 15 is 0 Å². The summed E-state index contributed by atoms with van der Waals surface area (Å²) in [5, 5.41) is 26.2. The Morgan fingerprint density at radius 2 is 1.24 bits per heavy atom. The summed E-state index contributed by atoms with van der Waals surface area (Å²) in [6.45, 7) is 5.89. The lowest BCUT2D eigenvalue weighted by Crippen LogP contribution is -2.19. The first kappa shape index (κ1) is 27.9. The van der Waals surface area contributed by atoms with Gasteiger partial charge in [0.1, 0.15) is 0 Å². The molecule has 0 fully saturated rings. The van der Waals surface area contributed by atoms with Crippen LogP contribution in [0.4, 0.5) is 0 Å². The Morgan fingerprint density at radius 1 is 0.690 bits per heavy atom. The van der Waals surface area contributed by atoms with E-state index in [1.807, 2.05) is 13.0 Å². The molecule has 0 unspecified atom stereocenters. The zero-order chi connectivity index (χ0) is 19.3. The van der Waals surface area contributed by atoms with Gasteiger partial charge in [-0.25, -0.2) is 0 Å². The van der Waals surface area contributed by atoms with Gasteiger partial charge in [0.2, 0.25) is 0 Å². The predicted octanol–water partition coefficient (Wildman–Crippen LogP) is 5.09. The molecule has 0 aliphatic rings. The average Bonchev–Trinajstić information content (AvgIpc) is 2.67. The van der Waals surface area contributed by atoms with E-state index in [0.717, 1.165) is 50.1 Å². The summed E-state index contributed by atoms with van der Waals surface area (Å²) in [5.74, 6) is -0.0383. The van der Waals surface area contributed by atoms with Crippen LogP contribution in [0.25, 0.3) is 0 Å². The topological polar surface area (TPSA) is 64.5 Å². The van der Waals surface area contributed by atoms with Gasteiger partial charge in [-0.05, 0) is 81.5 Å². The molecule has 6 heteroatoms. The van der Waals surface area contributed by atoms with Crippen LogP contribution in [0.1, 0.15) is 42.4 Å². The molecule has 29 heavy (non-hydrogen) atoms. The van der Waals surface area contributed by atoms with Gasteiger partial charge in [-0.1, -0.05) is 49.2 Å². The number of unbranched alkanes of at least 4 members (excludes halogenated alkanes) is 3. The minimum Gasteiger partial charge on any atom is -0.504 e. The number of aromatic hydroxyl groups is 2. The first-order valence-corrected chi connectivity index (χ1v) is 10.1. The molecule has 0 heterocycles. The van der Waals surface area contributed by atoms with E-state index in [-0.39, 0.29) is 45.5 Å². The lowest BCUT2D eigenvalue weighted by molar-refractivity contribution is 0.400. The van der Waals surface area contributed by atoms with E-state index in [1.165, 1.54) is 31.2 Å². The van der Waals surface area contributed by atoms with E-state index in [9.17, 15) is 10.2 Å². The van der Waals surface area contributed by atoms with Crippen molar-refractivity contribution >= 4 is 34.0 Å².